The molecule has 2 aliphatic carbocycles. The van der Waals surface area contributed by atoms with E-state index in [9.17, 15) is 28.8 Å². The van der Waals surface area contributed by atoms with Gasteiger partial charge in [-0.15, -0.1) is 0 Å². The summed E-state index contributed by atoms with van der Waals surface area (Å²) in [5, 5.41) is 9.93. The third-order valence-electron chi connectivity index (χ3n) is 14.8. The molecule has 0 aromatic heterocycles. The van der Waals surface area contributed by atoms with E-state index < -0.39 is 23.8 Å². The van der Waals surface area contributed by atoms with Gasteiger partial charge in [-0.05, 0) is 156 Å². The Hall–Kier alpha value is -7.60. The monoisotopic (exact) mass is 1160 g/mol. The van der Waals surface area contributed by atoms with Crippen molar-refractivity contribution in [3.63, 3.8) is 0 Å². The van der Waals surface area contributed by atoms with Gasteiger partial charge in [0.2, 0.25) is 0 Å². The van der Waals surface area contributed by atoms with Crippen molar-refractivity contribution < 1.29 is 66.7 Å². The Kier molecular flexibility index (Phi) is 25.9. The van der Waals surface area contributed by atoms with Crippen LogP contribution in [-0.4, -0.2) is 86.0 Å². The number of anilines is 1. The number of carbonyl (C=O) groups is 6. The van der Waals surface area contributed by atoms with Crippen molar-refractivity contribution in [2.75, 3.05) is 38.8 Å². The maximum absolute atomic E-state index is 13.8. The molecule has 83 heavy (non-hydrogen) atoms. The predicted octanol–water partition coefficient (Wildman–Crippen LogP) is 13.0. The maximum Gasteiger partial charge on any atom is 0.330 e. The first-order valence-electron chi connectivity index (χ1n) is 29.3. The minimum absolute atomic E-state index is 0.200. The minimum Gasteiger partial charge on any atom is -0.494 e. The summed E-state index contributed by atoms with van der Waals surface area (Å²) in [6.07, 6.45) is 19.4. The van der Waals surface area contributed by atoms with Crippen molar-refractivity contribution in [1.82, 2.24) is 5.01 Å². The number of thioether (sulfide) groups is 1. The Labute approximate surface area is 491 Å². The molecule has 2 saturated carbocycles. The second-order valence-corrected chi connectivity index (χ2v) is 22.2. The molecule has 1 heterocycles. The lowest BCUT2D eigenvalue weighted by molar-refractivity contribution is -0.145. The average molecular weight is 1160 g/mol. The van der Waals surface area contributed by atoms with Crippen molar-refractivity contribution in [1.29, 1.82) is 0 Å². The number of unbranched alkanes of at least 4 members (excludes halogenated alkanes) is 10. The molecule has 0 amide bonds. The maximum atomic E-state index is 13.8. The molecule has 1 N–H and O–H groups in total. The average Bonchev–Trinajstić information content (AvgIpc) is 4.00. The van der Waals surface area contributed by atoms with Crippen LogP contribution in [0.2, 0.25) is 0 Å². The largest absolute Gasteiger partial charge is 0.494 e. The molecule has 0 saturated heterocycles. The van der Waals surface area contributed by atoms with E-state index in [1.165, 1.54) is 12.2 Å². The fraction of sp³-hybridized carbons (Fsp3) is 0.462. The van der Waals surface area contributed by atoms with Gasteiger partial charge in [-0.25, -0.2) is 9.59 Å². The minimum atomic E-state index is -0.447. The molecule has 4 aromatic rings. The Bertz CT molecular complexity index is 2760. The number of hydrazone groups is 1. The van der Waals surface area contributed by atoms with E-state index in [-0.39, 0.29) is 52.7 Å². The number of hydrogen-bond acceptors (Lipinski definition) is 18. The van der Waals surface area contributed by atoms with Gasteiger partial charge in [0.15, 0.2) is 5.50 Å². The molecule has 1 atom stereocenters. The van der Waals surface area contributed by atoms with Crippen LogP contribution in [0.1, 0.15) is 134 Å². The Morgan fingerprint density at radius 3 is 1.34 bits per heavy atom. The van der Waals surface area contributed by atoms with Gasteiger partial charge in [0, 0.05) is 29.7 Å². The van der Waals surface area contributed by atoms with E-state index in [0.29, 0.717) is 106 Å². The highest BCUT2D eigenvalue weighted by Gasteiger charge is 2.34. The summed E-state index contributed by atoms with van der Waals surface area (Å²) in [4.78, 5) is 77.2. The molecular formula is C65H79N3O14S. The van der Waals surface area contributed by atoms with Gasteiger partial charge in [0.1, 0.15) is 34.5 Å². The molecule has 444 valence electrons. The normalized spacial score (nSPS) is 18.1. The van der Waals surface area contributed by atoms with Crippen LogP contribution in [0.25, 0.3) is 0 Å². The van der Waals surface area contributed by atoms with Crippen molar-refractivity contribution in [2.24, 2.45) is 28.8 Å². The third kappa shape index (κ3) is 21.3. The topological polar surface area (TPSA) is 204 Å². The number of benzene rings is 4. The number of hydrogen-bond donors (Lipinski definition) is 1. The molecule has 1 aliphatic heterocycles. The molecule has 18 heteroatoms. The summed E-state index contributed by atoms with van der Waals surface area (Å²) in [5.74, 6) is -1.16. The van der Waals surface area contributed by atoms with Crippen LogP contribution in [0.5, 0.6) is 34.5 Å². The second kappa shape index (κ2) is 34.1. The van der Waals surface area contributed by atoms with Gasteiger partial charge in [0.05, 0.1) is 62.0 Å². The quantitative estimate of drug-likeness (QED) is 0.0118. The fourth-order valence-corrected chi connectivity index (χ4v) is 11.0. The van der Waals surface area contributed by atoms with Crippen LogP contribution in [-0.2, 0) is 38.2 Å². The summed E-state index contributed by atoms with van der Waals surface area (Å²) in [6.45, 7) is 8.78. The van der Waals surface area contributed by atoms with E-state index in [2.05, 4.69) is 18.5 Å². The predicted molar refractivity (Wildman–Crippen MR) is 317 cm³/mol. The summed E-state index contributed by atoms with van der Waals surface area (Å²) in [5.41, 5.74) is 1.23. The highest BCUT2D eigenvalue weighted by Crippen LogP contribution is 2.40. The van der Waals surface area contributed by atoms with Gasteiger partial charge in [-0.2, -0.15) is 5.10 Å². The highest BCUT2D eigenvalue weighted by atomic mass is 32.2. The van der Waals surface area contributed by atoms with Crippen molar-refractivity contribution in [3.05, 3.63) is 122 Å². The summed E-state index contributed by atoms with van der Waals surface area (Å²) >= 11 is 1.62. The van der Waals surface area contributed by atoms with Gasteiger partial charge >= 0.3 is 35.8 Å². The van der Waals surface area contributed by atoms with Crippen molar-refractivity contribution in [2.45, 2.75) is 139 Å². The van der Waals surface area contributed by atoms with Crippen LogP contribution >= 0.6 is 11.8 Å². The standard InChI is InChI=1S/C65H79N3O14S/c1-4-59(69)77-42-18-12-8-6-10-16-40-75-51-30-34-53(35-31-51)79-61(71)46-22-24-48(25-23-46)63(73)81-55-38-39-57(50(44-55)45-66-68(3)65-67-56-20-14-15-21-58(56)83-65)82-64(74)49-28-26-47(27-29-49)62(72)80-54-36-32-52(33-37-54)76-41-17-11-7-9-13-19-43-78-60(70)5-2/h4-5,14-15,20-21,30-39,44-49,65,67H,1-2,6-13,16-19,22-29,40-43H2,3H3/b66-45+. The molecule has 0 radical (unpaired) electrons. The number of nitrogens with one attached hydrogen (secondary N) is 1. The lowest BCUT2D eigenvalue weighted by Gasteiger charge is -2.26. The first-order valence-corrected chi connectivity index (χ1v) is 30.2. The van der Waals surface area contributed by atoms with Crippen LogP contribution in [0, 0.1) is 23.7 Å². The smallest absolute Gasteiger partial charge is 0.330 e. The molecule has 3 aliphatic rings. The van der Waals surface area contributed by atoms with E-state index in [0.717, 1.165) is 87.6 Å². The van der Waals surface area contributed by atoms with Gasteiger partial charge in [-0.1, -0.05) is 88.4 Å². The molecule has 7 rings (SSSR count). The lowest BCUT2D eigenvalue weighted by Crippen LogP contribution is -2.31. The van der Waals surface area contributed by atoms with E-state index in [1.54, 1.807) is 89.7 Å². The number of carbonyl (C=O) groups excluding carboxylic acids is 6. The zero-order chi connectivity index (χ0) is 58.6. The first-order chi connectivity index (χ1) is 40.4. The van der Waals surface area contributed by atoms with E-state index in [1.807, 2.05) is 31.3 Å². The van der Waals surface area contributed by atoms with Crippen molar-refractivity contribution in [3.8, 4) is 34.5 Å². The molecule has 17 nitrogen and oxygen atoms in total. The molecule has 4 aromatic carbocycles. The van der Waals surface area contributed by atoms with Gasteiger partial charge in [-0.3, -0.25) is 24.2 Å². The van der Waals surface area contributed by atoms with E-state index in [4.69, 9.17) is 43.0 Å². The summed E-state index contributed by atoms with van der Waals surface area (Å²) in [6, 6.07) is 26.8. The SMILES string of the molecule is C=CC(=O)OCCCCCCCCOc1ccc(OC(=O)C2CCC(C(=O)Oc3ccc(OC(=O)C4CCC(C(=O)Oc5ccc(OCCCCCCCCOC(=O)C=C)cc5)CC4)c(/C=N/N(C)C4Nc5ccccc5S4)c3)CC2)cc1. The third-order valence-corrected chi connectivity index (χ3v) is 16.1. The lowest BCUT2D eigenvalue weighted by atomic mass is 9.82. The first kappa shape index (κ1) is 63.0. The number of nitrogens with zero attached hydrogens (tertiary/aromatic N) is 2. The molecule has 0 spiro atoms. The number of para-hydroxylation sites is 1. The summed E-state index contributed by atoms with van der Waals surface area (Å²) in [7, 11) is 1.84. The number of fused-ring (bicyclic) bond motifs is 1. The number of esters is 6. The van der Waals surface area contributed by atoms with Crippen LogP contribution in [0.4, 0.5) is 5.69 Å². The molecule has 1 unspecified atom stereocenters. The van der Waals surface area contributed by atoms with Crippen LogP contribution in [0.15, 0.2) is 126 Å². The molecular weight excluding hydrogens is 1080 g/mol. The Morgan fingerprint density at radius 2 is 0.892 bits per heavy atom. The number of ether oxygens (including phenoxy) is 8. The Morgan fingerprint density at radius 1 is 0.506 bits per heavy atom. The highest BCUT2D eigenvalue weighted by molar-refractivity contribution is 8.00. The zero-order valence-electron chi connectivity index (χ0n) is 47.7. The van der Waals surface area contributed by atoms with Gasteiger partial charge < -0.3 is 43.2 Å². The second-order valence-electron chi connectivity index (χ2n) is 21.0. The molecule has 2 fully saturated rings. The van der Waals surface area contributed by atoms with Crippen LogP contribution < -0.4 is 33.7 Å². The Balaban J connectivity index is 0.834. The zero-order valence-corrected chi connectivity index (χ0v) is 48.5. The fourth-order valence-electron chi connectivity index (χ4n) is 9.93. The molecule has 0 bridgehead atoms. The van der Waals surface area contributed by atoms with Crippen LogP contribution in [0.3, 0.4) is 0 Å². The summed E-state index contributed by atoms with van der Waals surface area (Å²) < 4.78 is 45.3. The van der Waals surface area contributed by atoms with Gasteiger partial charge in [0.25, 0.3) is 0 Å². The number of rotatable bonds is 33. The van der Waals surface area contributed by atoms with Crippen molar-refractivity contribution >= 4 is 59.5 Å². The van der Waals surface area contributed by atoms with E-state index >= 15 is 0 Å².